The Kier molecular flexibility index (Phi) is 4.76. The minimum Gasteiger partial charge on any atom is -0.380 e. The second-order valence-electron chi connectivity index (χ2n) is 6.23. The Morgan fingerprint density at radius 1 is 1.29 bits per heavy atom. The number of carbonyl (C=O) groups excluding carboxylic acids is 1. The van der Waals surface area contributed by atoms with Gasteiger partial charge in [0, 0.05) is 31.2 Å². The standard InChI is InChI=1S/C17H25N3O/c21-17(7-6-14-8-10-18-12-14)20-11-9-16(13-20)19-15-4-2-1-3-5-15/h1-5,14,16,18-19H,6-13H2. The molecule has 0 aromatic heterocycles. The van der Waals surface area contributed by atoms with Gasteiger partial charge in [0.15, 0.2) is 0 Å². The fourth-order valence-electron chi connectivity index (χ4n) is 3.32. The van der Waals surface area contributed by atoms with Crippen molar-refractivity contribution in [1.29, 1.82) is 0 Å². The highest BCUT2D eigenvalue weighted by Gasteiger charge is 2.26. The first kappa shape index (κ1) is 14.4. The van der Waals surface area contributed by atoms with Crippen molar-refractivity contribution < 1.29 is 4.79 Å². The van der Waals surface area contributed by atoms with Gasteiger partial charge in [0.25, 0.3) is 0 Å². The first-order valence-electron chi connectivity index (χ1n) is 8.11. The van der Waals surface area contributed by atoms with Gasteiger partial charge >= 0.3 is 0 Å². The van der Waals surface area contributed by atoms with E-state index in [0.717, 1.165) is 44.7 Å². The molecular weight excluding hydrogens is 262 g/mol. The van der Waals surface area contributed by atoms with Crippen LogP contribution in [0.1, 0.15) is 25.7 Å². The van der Waals surface area contributed by atoms with Crippen LogP contribution in [0.2, 0.25) is 0 Å². The van der Waals surface area contributed by atoms with Crippen molar-refractivity contribution in [2.24, 2.45) is 5.92 Å². The third kappa shape index (κ3) is 3.97. The highest BCUT2D eigenvalue weighted by atomic mass is 16.2. The minimum atomic E-state index is 0.333. The van der Waals surface area contributed by atoms with E-state index in [2.05, 4.69) is 22.8 Å². The Balaban J connectivity index is 1.42. The maximum atomic E-state index is 12.3. The van der Waals surface area contributed by atoms with E-state index in [4.69, 9.17) is 0 Å². The van der Waals surface area contributed by atoms with E-state index in [1.165, 1.54) is 6.42 Å². The van der Waals surface area contributed by atoms with Gasteiger partial charge in [-0.05, 0) is 50.4 Å². The van der Waals surface area contributed by atoms with Gasteiger partial charge in [0.1, 0.15) is 0 Å². The van der Waals surface area contributed by atoms with Crippen molar-refractivity contribution in [2.45, 2.75) is 31.7 Å². The fraction of sp³-hybridized carbons (Fsp3) is 0.588. The van der Waals surface area contributed by atoms with Gasteiger partial charge in [0.05, 0.1) is 0 Å². The van der Waals surface area contributed by atoms with Crippen LogP contribution >= 0.6 is 0 Å². The number of nitrogens with one attached hydrogen (secondary N) is 2. The van der Waals surface area contributed by atoms with Gasteiger partial charge < -0.3 is 15.5 Å². The smallest absolute Gasteiger partial charge is 0.222 e. The Morgan fingerprint density at radius 2 is 2.14 bits per heavy atom. The molecule has 2 heterocycles. The number of amides is 1. The maximum absolute atomic E-state index is 12.3. The number of carbonyl (C=O) groups is 1. The Labute approximate surface area is 126 Å². The average molecular weight is 287 g/mol. The molecule has 1 aromatic rings. The van der Waals surface area contributed by atoms with Crippen LogP contribution in [0.4, 0.5) is 5.69 Å². The number of rotatable bonds is 5. The van der Waals surface area contributed by atoms with Crippen molar-refractivity contribution in [2.75, 3.05) is 31.5 Å². The van der Waals surface area contributed by atoms with Crippen LogP contribution < -0.4 is 10.6 Å². The summed E-state index contributed by atoms with van der Waals surface area (Å²) >= 11 is 0. The summed E-state index contributed by atoms with van der Waals surface area (Å²) in [4.78, 5) is 14.3. The number of hydrogen-bond donors (Lipinski definition) is 2. The van der Waals surface area contributed by atoms with Crippen molar-refractivity contribution in [1.82, 2.24) is 10.2 Å². The monoisotopic (exact) mass is 287 g/mol. The molecule has 2 aliphatic rings. The molecule has 4 nitrogen and oxygen atoms in total. The van der Waals surface area contributed by atoms with Gasteiger partial charge in [-0.2, -0.15) is 0 Å². The average Bonchev–Trinajstić information content (AvgIpc) is 3.17. The van der Waals surface area contributed by atoms with E-state index >= 15 is 0 Å². The summed E-state index contributed by atoms with van der Waals surface area (Å²) in [5.41, 5.74) is 1.15. The normalized spacial score (nSPS) is 25.2. The van der Waals surface area contributed by atoms with E-state index in [1.807, 2.05) is 23.1 Å². The van der Waals surface area contributed by atoms with Crippen molar-refractivity contribution in [3.63, 3.8) is 0 Å². The van der Waals surface area contributed by atoms with E-state index in [-0.39, 0.29) is 0 Å². The van der Waals surface area contributed by atoms with Crippen LogP contribution in [0, 0.1) is 5.92 Å². The van der Waals surface area contributed by atoms with Crippen LogP contribution in [0.3, 0.4) is 0 Å². The number of anilines is 1. The van der Waals surface area contributed by atoms with Crippen molar-refractivity contribution in [3.05, 3.63) is 30.3 Å². The van der Waals surface area contributed by atoms with Gasteiger partial charge in [-0.1, -0.05) is 18.2 Å². The molecule has 3 rings (SSSR count). The first-order valence-corrected chi connectivity index (χ1v) is 8.11. The molecule has 2 N–H and O–H groups in total. The molecule has 0 spiro atoms. The molecule has 1 amide bonds. The summed E-state index contributed by atoms with van der Waals surface area (Å²) in [5, 5.41) is 6.88. The topological polar surface area (TPSA) is 44.4 Å². The lowest BCUT2D eigenvalue weighted by molar-refractivity contribution is -0.130. The molecule has 2 saturated heterocycles. The molecule has 0 saturated carbocycles. The maximum Gasteiger partial charge on any atom is 0.222 e. The molecule has 0 radical (unpaired) electrons. The van der Waals surface area contributed by atoms with Crippen LogP contribution in [0.5, 0.6) is 0 Å². The van der Waals surface area contributed by atoms with Gasteiger partial charge in [0.2, 0.25) is 5.91 Å². The Bertz CT molecular complexity index is 456. The second kappa shape index (κ2) is 6.94. The molecule has 2 fully saturated rings. The third-order valence-corrected chi connectivity index (χ3v) is 4.61. The van der Waals surface area contributed by atoms with E-state index < -0.39 is 0 Å². The fourth-order valence-corrected chi connectivity index (χ4v) is 3.32. The first-order chi connectivity index (χ1) is 10.3. The third-order valence-electron chi connectivity index (χ3n) is 4.61. The summed E-state index contributed by atoms with van der Waals surface area (Å²) in [5.74, 6) is 1.04. The number of hydrogen-bond acceptors (Lipinski definition) is 3. The molecule has 2 aliphatic heterocycles. The van der Waals surface area contributed by atoms with E-state index in [9.17, 15) is 4.79 Å². The number of benzene rings is 1. The molecule has 4 heteroatoms. The minimum absolute atomic E-state index is 0.333. The van der Waals surface area contributed by atoms with Crippen LogP contribution in [0.15, 0.2) is 30.3 Å². The van der Waals surface area contributed by atoms with E-state index in [0.29, 0.717) is 24.3 Å². The summed E-state index contributed by atoms with van der Waals surface area (Å²) in [7, 11) is 0. The largest absolute Gasteiger partial charge is 0.380 e. The van der Waals surface area contributed by atoms with Crippen LogP contribution in [-0.2, 0) is 4.79 Å². The van der Waals surface area contributed by atoms with Gasteiger partial charge in [-0.25, -0.2) is 0 Å². The predicted molar refractivity (Wildman–Crippen MR) is 85.3 cm³/mol. The zero-order valence-electron chi connectivity index (χ0n) is 12.6. The van der Waals surface area contributed by atoms with Gasteiger partial charge in [-0.15, -0.1) is 0 Å². The lowest BCUT2D eigenvalue weighted by Gasteiger charge is -2.18. The molecule has 2 unspecified atom stereocenters. The van der Waals surface area contributed by atoms with Gasteiger partial charge in [-0.3, -0.25) is 4.79 Å². The lowest BCUT2D eigenvalue weighted by atomic mass is 10.0. The Morgan fingerprint density at radius 3 is 2.90 bits per heavy atom. The molecular formula is C17H25N3O. The molecule has 21 heavy (non-hydrogen) atoms. The molecule has 0 aliphatic carbocycles. The summed E-state index contributed by atoms with van der Waals surface area (Å²) in [6, 6.07) is 10.7. The summed E-state index contributed by atoms with van der Waals surface area (Å²) in [6.07, 6.45) is 4.03. The SMILES string of the molecule is O=C(CCC1CCNC1)N1CCC(Nc2ccccc2)C1. The number of nitrogens with zero attached hydrogens (tertiary/aromatic N) is 1. The van der Waals surface area contributed by atoms with Crippen molar-refractivity contribution >= 4 is 11.6 Å². The van der Waals surface area contributed by atoms with Crippen LogP contribution in [-0.4, -0.2) is 43.0 Å². The summed E-state index contributed by atoms with van der Waals surface area (Å²) < 4.78 is 0. The molecule has 114 valence electrons. The number of likely N-dealkylation sites (tertiary alicyclic amines) is 1. The second-order valence-corrected chi connectivity index (χ2v) is 6.23. The quantitative estimate of drug-likeness (QED) is 0.871. The van der Waals surface area contributed by atoms with E-state index in [1.54, 1.807) is 0 Å². The highest BCUT2D eigenvalue weighted by Crippen LogP contribution is 2.19. The zero-order valence-corrected chi connectivity index (χ0v) is 12.6. The predicted octanol–water partition coefficient (Wildman–Crippen LogP) is 2.09. The Hall–Kier alpha value is -1.55. The lowest BCUT2D eigenvalue weighted by Crippen LogP contribution is -2.31. The molecule has 2 atom stereocenters. The summed E-state index contributed by atoms with van der Waals surface area (Å²) in [6.45, 7) is 3.94. The zero-order chi connectivity index (χ0) is 14.5. The van der Waals surface area contributed by atoms with Crippen LogP contribution in [0.25, 0.3) is 0 Å². The number of para-hydroxylation sites is 1. The molecule has 0 bridgehead atoms. The highest BCUT2D eigenvalue weighted by molar-refractivity contribution is 5.76. The van der Waals surface area contributed by atoms with Crippen molar-refractivity contribution in [3.8, 4) is 0 Å². The molecule has 1 aromatic carbocycles.